The van der Waals surface area contributed by atoms with Gasteiger partial charge in [0.25, 0.3) is 0 Å². The Hall–Kier alpha value is -2.49. The predicted octanol–water partition coefficient (Wildman–Crippen LogP) is 3.89. The quantitative estimate of drug-likeness (QED) is 0.172. The molecule has 0 amide bonds. The predicted molar refractivity (Wildman–Crippen MR) is 132 cm³/mol. The van der Waals surface area contributed by atoms with Crippen molar-refractivity contribution in [1.29, 1.82) is 0 Å². The second-order valence-corrected chi connectivity index (χ2v) is 6.60. The highest BCUT2D eigenvalue weighted by Crippen LogP contribution is 2.25. The molecule has 0 aliphatic heterocycles. The number of benzene rings is 2. The van der Waals surface area contributed by atoms with Gasteiger partial charge < -0.3 is 25.1 Å². The lowest BCUT2D eigenvalue weighted by atomic mass is 10.2. The number of aromatic nitrogens is 2. The molecule has 0 unspecified atom stereocenters. The van der Waals surface area contributed by atoms with Crippen LogP contribution in [-0.2, 0) is 13.0 Å². The second kappa shape index (κ2) is 12.3. The van der Waals surface area contributed by atoms with Crippen LogP contribution in [0.1, 0.15) is 24.7 Å². The number of fused-ring (bicyclic) bond motifs is 1. The van der Waals surface area contributed by atoms with E-state index in [2.05, 4.69) is 32.5 Å². The SMILES string of the molecule is CCNC(=NCc1ccc(OC)cc1OC)NCCCc1nc2ccccc2[nH]1.I. The van der Waals surface area contributed by atoms with Gasteiger partial charge in [-0.3, -0.25) is 0 Å². The molecule has 3 rings (SSSR count). The zero-order chi connectivity index (χ0) is 20.5. The van der Waals surface area contributed by atoms with E-state index >= 15 is 0 Å². The zero-order valence-electron chi connectivity index (χ0n) is 17.7. The van der Waals surface area contributed by atoms with Crippen molar-refractivity contribution in [3.8, 4) is 11.5 Å². The highest BCUT2D eigenvalue weighted by molar-refractivity contribution is 14.0. The van der Waals surface area contributed by atoms with Crippen molar-refractivity contribution in [3.05, 3.63) is 53.9 Å². The molecule has 1 aromatic heterocycles. The number of halogens is 1. The summed E-state index contributed by atoms with van der Waals surface area (Å²) in [4.78, 5) is 12.7. The summed E-state index contributed by atoms with van der Waals surface area (Å²) < 4.78 is 10.7. The molecule has 0 aliphatic carbocycles. The van der Waals surface area contributed by atoms with Crippen LogP contribution >= 0.6 is 24.0 Å². The number of aryl methyl sites for hydroxylation is 1. The first-order valence-electron chi connectivity index (χ1n) is 9.90. The fourth-order valence-corrected chi connectivity index (χ4v) is 3.08. The van der Waals surface area contributed by atoms with Crippen LogP contribution in [0.5, 0.6) is 11.5 Å². The second-order valence-electron chi connectivity index (χ2n) is 6.60. The number of aromatic amines is 1. The summed E-state index contributed by atoms with van der Waals surface area (Å²) in [5.74, 6) is 3.34. The molecule has 3 aromatic rings. The minimum absolute atomic E-state index is 0. The summed E-state index contributed by atoms with van der Waals surface area (Å²) in [6.45, 7) is 4.18. The lowest BCUT2D eigenvalue weighted by Gasteiger charge is -2.12. The number of nitrogens with zero attached hydrogens (tertiary/aromatic N) is 2. The van der Waals surface area contributed by atoms with Gasteiger partial charge in [-0.2, -0.15) is 0 Å². The number of ether oxygens (including phenoxy) is 2. The third-order valence-corrected chi connectivity index (χ3v) is 4.57. The van der Waals surface area contributed by atoms with E-state index in [-0.39, 0.29) is 24.0 Å². The molecule has 2 aromatic carbocycles. The molecular formula is C22H30IN5O2. The average Bonchev–Trinajstić information content (AvgIpc) is 3.17. The molecule has 0 atom stereocenters. The molecule has 8 heteroatoms. The molecule has 162 valence electrons. The van der Waals surface area contributed by atoms with Crippen molar-refractivity contribution in [2.75, 3.05) is 27.3 Å². The van der Waals surface area contributed by atoms with Gasteiger partial charge in [-0.15, -0.1) is 24.0 Å². The molecule has 0 saturated heterocycles. The van der Waals surface area contributed by atoms with Crippen LogP contribution in [0.3, 0.4) is 0 Å². The van der Waals surface area contributed by atoms with Gasteiger partial charge in [0.1, 0.15) is 17.3 Å². The minimum Gasteiger partial charge on any atom is -0.497 e. The van der Waals surface area contributed by atoms with Crippen LogP contribution in [-0.4, -0.2) is 43.2 Å². The van der Waals surface area contributed by atoms with E-state index in [1.54, 1.807) is 14.2 Å². The van der Waals surface area contributed by atoms with Gasteiger partial charge in [0.15, 0.2) is 5.96 Å². The first-order valence-corrected chi connectivity index (χ1v) is 9.90. The van der Waals surface area contributed by atoms with Gasteiger partial charge in [0.05, 0.1) is 31.8 Å². The number of hydrogen-bond donors (Lipinski definition) is 3. The van der Waals surface area contributed by atoms with Gasteiger partial charge in [-0.25, -0.2) is 9.98 Å². The number of guanidine groups is 1. The van der Waals surface area contributed by atoms with Crippen molar-refractivity contribution >= 4 is 41.0 Å². The van der Waals surface area contributed by atoms with E-state index in [0.717, 1.165) is 65.8 Å². The fraction of sp³-hybridized carbons (Fsp3) is 0.364. The van der Waals surface area contributed by atoms with E-state index in [4.69, 9.17) is 9.47 Å². The van der Waals surface area contributed by atoms with Crippen LogP contribution in [0.15, 0.2) is 47.5 Å². The summed E-state index contributed by atoms with van der Waals surface area (Å²) in [5, 5.41) is 6.67. The van der Waals surface area contributed by atoms with Crippen LogP contribution < -0.4 is 20.1 Å². The number of methoxy groups -OCH3 is 2. The third-order valence-electron chi connectivity index (χ3n) is 4.57. The largest absolute Gasteiger partial charge is 0.497 e. The van der Waals surface area contributed by atoms with Crippen LogP contribution in [0, 0.1) is 0 Å². The summed E-state index contributed by atoms with van der Waals surface area (Å²) in [6, 6.07) is 13.9. The third kappa shape index (κ3) is 6.51. The number of para-hydroxylation sites is 2. The van der Waals surface area contributed by atoms with Crippen LogP contribution in [0.4, 0.5) is 0 Å². The number of rotatable bonds is 9. The van der Waals surface area contributed by atoms with E-state index in [0.29, 0.717) is 6.54 Å². The molecule has 3 N–H and O–H groups in total. The molecule has 7 nitrogen and oxygen atoms in total. The van der Waals surface area contributed by atoms with Crippen molar-refractivity contribution in [2.45, 2.75) is 26.3 Å². The van der Waals surface area contributed by atoms with Crippen molar-refractivity contribution in [2.24, 2.45) is 4.99 Å². The molecular weight excluding hydrogens is 493 g/mol. The summed E-state index contributed by atoms with van der Waals surface area (Å²) in [5.41, 5.74) is 3.10. The van der Waals surface area contributed by atoms with E-state index in [1.807, 2.05) is 42.5 Å². The van der Waals surface area contributed by atoms with Crippen molar-refractivity contribution in [3.63, 3.8) is 0 Å². The lowest BCUT2D eigenvalue weighted by molar-refractivity contribution is 0.391. The first-order chi connectivity index (χ1) is 14.2. The maximum atomic E-state index is 5.45. The molecule has 0 saturated carbocycles. The van der Waals surface area contributed by atoms with Crippen molar-refractivity contribution in [1.82, 2.24) is 20.6 Å². The molecule has 0 fully saturated rings. The molecule has 0 radical (unpaired) electrons. The Morgan fingerprint density at radius 2 is 1.93 bits per heavy atom. The molecule has 1 heterocycles. The Bertz CT molecular complexity index is 925. The Labute approximate surface area is 194 Å². The summed E-state index contributed by atoms with van der Waals surface area (Å²) in [7, 11) is 3.30. The monoisotopic (exact) mass is 523 g/mol. The van der Waals surface area contributed by atoms with Gasteiger partial charge >= 0.3 is 0 Å². The highest BCUT2D eigenvalue weighted by atomic mass is 127. The fourth-order valence-electron chi connectivity index (χ4n) is 3.08. The number of hydrogen-bond acceptors (Lipinski definition) is 4. The van der Waals surface area contributed by atoms with Crippen molar-refractivity contribution < 1.29 is 9.47 Å². The number of nitrogens with one attached hydrogen (secondary N) is 3. The molecule has 0 spiro atoms. The maximum absolute atomic E-state index is 5.45. The summed E-state index contributed by atoms with van der Waals surface area (Å²) in [6.07, 6.45) is 1.84. The van der Waals surface area contributed by atoms with E-state index in [1.165, 1.54) is 0 Å². The molecule has 30 heavy (non-hydrogen) atoms. The Kier molecular flexibility index (Phi) is 9.72. The Morgan fingerprint density at radius 1 is 1.10 bits per heavy atom. The normalized spacial score (nSPS) is 11.1. The Balaban J connectivity index is 0.00000320. The van der Waals surface area contributed by atoms with E-state index in [9.17, 15) is 0 Å². The number of aliphatic imine (C=N–C) groups is 1. The van der Waals surface area contributed by atoms with Gasteiger partial charge in [0, 0.05) is 31.1 Å². The van der Waals surface area contributed by atoms with Gasteiger partial charge in [-0.1, -0.05) is 12.1 Å². The molecule has 0 aliphatic rings. The van der Waals surface area contributed by atoms with Gasteiger partial charge in [0.2, 0.25) is 0 Å². The first kappa shape index (κ1) is 23.8. The number of H-pyrrole nitrogens is 1. The number of imidazole rings is 1. The zero-order valence-corrected chi connectivity index (χ0v) is 20.0. The Morgan fingerprint density at radius 3 is 2.67 bits per heavy atom. The lowest BCUT2D eigenvalue weighted by Crippen LogP contribution is -2.37. The van der Waals surface area contributed by atoms with E-state index < -0.39 is 0 Å². The molecule has 0 bridgehead atoms. The smallest absolute Gasteiger partial charge is 0.191 e. The van der Waals surface area contributed by atoms with Gasteiger partial charge in [-0.05, 0) is 37.6 Å². The van der Waals surface area contributed by atoms with Crippen LogP contribution in [0.25, 0.3) is 11.0 Å². The minimum atomic E-state index is 0. The average molecular weight is 523 g/mol. The summed E-state index contributed by atoms with van der Waals surface area (Å²) >= 11 is 0. The highest BCUT2D eigenvalue weighted by Gasteiger charge is 2.06. The maximum Gasteiger partial charge on any atom is 0.191 e. The topological polar surface area (TPSA) is 83.6 Å². The standard InChI is InChI=1S/C22H29N5O2.HI/c1-4-23-22(25-15-16-11-12-17(28-2)14-20(16)29-3)24-13-7-10-21-26-18-8-5-6-9-19(18)27-21;/h5-6,8-9,11-12,14H,4,7,10,13,15H2,1-3H3,(H,26,27)(H2,23,24,25);1H. The van der Waals surface area contributed by atoms with Crippen LogP contribution in [0.2, 0.25) is 0 Å².